The van der Waals surface area contributed by atoms with Crippen LogP contribution in [0.25, 0.3) is 21.8 Å². The molecule has 0 aliphatic carbocycles. The van der Waals surface area contributed by atoms with Gasteiger partial charge < -0.3 is 10.3 Å². The molecule has 0 fully saturated rings. The van der Waals surface area contributed by atoms with E-state index in [1.54, 1.807) is 6.20 Å². The van der Waals surface area contributed by atoms with Gasteiger partial charge in [0.2, 0.25) is 5.91 Å². The van der Waals surface area contributed by atoms with Crippen molar-refractivity contribution in [3.05, 3.63) is 72.6 Å². The summed E-state index contributed by atoms with van der Waals surface area (Å²) in [5.74, 6) is 0.0108. The Balaban J connectivity index is 1.48. The van der Waals surface area contributed by atoms with E-state index in [9.17, 15) is 4.79 Å². The van der Waals surface area contributed by atoms with Crippen LogP contribution in [-0.2, 0) is 11.2 Å². The minimum absolute atomic E-state index is 0.0108. The summed E-state index contributed by atoms with van der Waals surface area (Å²) >= 11 is 0. The third-order valence-corrected chi connectivity index (χ3v) is 4.22. The molecular formula is C20H17N3O. The lowest BCUT2D eigenvalue weighted by Crippen LogP contribution is -2.12. The van der Waals surface area contributed by atoms with Crippen molar-refractivity contribution in [1.29, 1.82) is 0 Å². The van der Waals surface area contributed by atoms with Gasteiger partial charge in [-0.1, -0.05) is 36.4 Å². The number of aromatic amines is 1. The van der Waals surface area contributed by atoms with Crippen molar-refractivity contribution in [3.63, 3.8) is 0 Å². The molecule has 4 nitrogen and oxygen atoms in total. The van der Waals surface area contributed by atoms with Crippen LogP contribution in [0.15, 0.2) is 67.0 Å². The lowest BCUT2D eigenvalue weighted by Gasteiger charge is -2.08. The van der Waals surface area contributed by atoms with Gasteiger partial charge in [0.25, 0.3) is 0 Å². The molecule has 0 unspecified atom stereocenters. The average Bonchev–Trinajstić information content (AvgIpc) is 3.04. The number of nitrogens with one attached hydrogen (secondary N) is 2. The fourth-order valence-electron chi connectivity index (χ4n) is 3.00. The van der Waals surface area contributed by atoms with Crippen LogP contribution in [0.4, 0.5) is 5.69 Å². The van der Waals surface area contributed by atoms with Crippen molar-refractivity contribution < 1.29 is 4.79 Å². The maximum absolute atomic E-state index is 12.3. The Hall–Kier alpha value is -3.14. The van der Waals surface area contributed by atoms with E-state index >= 15 is 0 Å². The number of hydrogen-bond donors (Lipinski definition) is 2. The third-order valence-electron chi connectivity index (χ3n) is 4.22. The summed E-state index contributed by atoms with van der Waals surface area (Å²) in [5, 5.41) is 5.15. The van der Waals surface area contributed by atoms with Crippen LogP contribution in [0.5, 0.6) is 0 Å². The van der Waals surface area contributed by atoms with Gasteiger partial charge in [-0.15, -0.1) is 0 Å². The van der Waals surface area contributed by atoms with Gasteiger partial charge in [0.05, 0.1) is 11.2 Å². The smallest absolute Gasteiger partial charge is 0.224 e. The summed E-state index contributed by atoms with van der Waals surface area (Å²) in [6.07, 6.45) is 4.86. The monoisotopic (exact) mass is 315 g/mol. The Bertz CT molecular complexity index is 1010. The second-order valence-corrected chi connectivity index (χ2v) is 5.78. The van der Waals surface area contributed by atoms with Crippen molar-refractivity contribution in [2.45, 2.75) is 12.8 Å². The number of pyridine rings is 1. The lowest BCUT2D eigenvalue weighted by atomic mass is 10.1. The van der Waals surface area contributed by atoms with Gasteiger partial charge in [0.1, 0.15) is 0 Å². The molecule has 2 aromatic heterocycles. The quantitative estimate of drug-likeness (QED) is 0.590. The largest absolute Gasteiger partial charge is 0.361 e. The van der Waals surface area contributed by atoms with Gasteiger partial charge in [0.15, 0.2) is 0 Å². The minimum Gasteiger partial charge on any atom is -0.361 e. The number of H-pyrrole nitrogens is 1. The van der Waals surface area contributed by atoms with E-state index in [-0.39, 0.29) is 5.91 Å². The Kier molecular flexibility index (Phi) is 3.71. The SMILES string of the molecule is O=C(CCc1c[nH]c2ccccc12)Nc1ccnc2ccccc12. The molecule has 2 heterocycles. The number of carbonyl (C=O) groups excluding carboxylic acids is 1. The molecule has 0 aliphatic rings. The number of para-hydroxylation sites is 2. The first-order valence-corrected chi connectivity index (χ1v) is 8.00. The Morgan fingerprint density at radius 2 is 1.79 bits per heavy atom. The number of anilines is 1. The molecule has 4 heteroatoms. The molecule has 4 rings (SSSR count). The number of fused-ring (bicyclic) bond motifs is 2. The van der Waals surface area contributed by atoms with Crippen LogP contribution in [0.3, 0.4) is 0 Å². The summed E-state index contributed by atoms with van der Waals surface area (Å²) in [6.45, 7) is 0. The summed E-state index contributed by atoms with van der Waals surface area (Å²) in [4.78, 5) is 19.9. The van der Waals surface area contributed by atoms with E-state index < -0.39 is 0 Å². The Labute approximate surface area is 139 Å². The second-order valence-electron chi connectivity index (χ2n) is 5.78. The van der Waals surface area contributed by atoms with Crippen LogP contribution in [0, 0.1) is 0 Å². The molecule has 0 saturated carbocycles. The predicted molar refractivity (Wildman–Crippen MR) is 97.0 cm³/mol. The number of aryl methyl sites for hydroxylation is 1. The summed E-state index contributed by atoms with van der Waals surface area (Å²) in [5.41, 5.74) is 3.96. The lowest BCUT2D eigenvalue weighted by molar-refractivity contribution is -0.116. The first-order chi connectivity index (χ1) is 11.8. The van der Waals surface area contributed by atoms with Crippen LogP contribution in [0.2, 0.25) is 0 Å². The first kappa shape index (κ1) is 14.5. The van der Waals surface area contributed by atoms with Crippen molar-refractivity contribution in [2.24, 2.45) is 0 Å². The van der Waals surface area contributed by atoms with E-state index in [2.05, 4.69) is 21.4 Å². The van der Waals surface area contributed by atoms with Gasteiger partial charge in [-0.25, -0.2) is 0 Å². The van der Waals surface area contributed by atoms with Crippen LogP contribution in [0.1, 0.15) is 12.0 Å². The summed E-state index contributed by atoms with van der Waals surface area (Å²) < 4.78 is 0. The van der Waals surface area contributed by atoms with Crippen molar-refractivity contribution in [1.82, 2.24) is 9.97 Å². The van der Waals surface area contributed by atoms with E-state index in [1.807, 2.05) is 54.7 Å². The molecule has 0 bridgehead atoms. The molecule has 4 aromatic rings. The van der Waals surface area contributed by atoms with Crippen LogP contribution < -0.4 is 5.32 Å². The van der Waals surface area contributed by atoms with E-state index in [4.69, 9.17) is 0 Å². The Morgan fingerprint density at radius 3 is 2.71 bits per heavy atom. The fourth-order valence-corrected chi connectivity index (χ4v) is 3.00. The molecule has 2 aromatic carbocycles. The standard InChI is InChI=1S/C20H17N3O/c24-20(10-9-14-13-22-17-7-3-1-5-15(14)17)23-19-11-12-21-18-8-4-2-6-16(18)19/h1-8,11-13,22H,9-10H2,(H,21,23,24). The number of rotatable bonds is 4. The average molecular weight is 315 g/mol. The maximum atomic E-state index is 12.3. The maximum Gasteiger partial charge on any atom is 0.224 e. The second kappa shape index (κ2) is 6.16. The molecule has 24 heavy (non-hydrogen) atoms. The van der Waals surface area contributed by atoms with E-state index in [0.717, 1.165) is 22.1 Å². The number of aromatic nitrogens is 2. The highest BCUT2D eigenvalue weighted by Gasteiger charge is 2.09. The molecule has 118 valence electrons. The highest BCUT2D eigenvalue weighted by atomic mass is 16.1. The van der Waals surface area contributed by atoms with Crippen LogP contribution in [-0.4, -0.2) is 15.9 Å². The van der Waals surface area contributed by atoms with Crippen molar-refractivity contribution >= 4 is 33.4 Å². The van der Waals surface area contributed by atoms with Crippen LogP contribution >= 0.6 is 0 Å². The zero-order valence-corrected chi connectivity index (χ0v) is 13.1. The van der Waals surface area contributed by atoms with Gasteiger partial charge >= 0.3 is 0 Å². The zero-order valence-electron chi connectivity index (χ0n) is 13.1. The fraction of sp³-hybridized carbons (Fsp3) is 0.100. The first-order valence-electron chi connectivity index (χ1n) is 8.00. The summed E-state index contributed by atoms with van der Waals surface area (Å²) in [6, 6.07) is 17.8. The number of amides is 1. The predicted octanol–water partition coefficient (Wildman–Crippen LogP) is 4.29. The molecule has 1 amide bonds. The molecule has 0 saturated heterocycles. The van der Waals surface area contributed by atoms with Gasteiger partial charge in [-0.3, -0.25) is 9.78 Å². The van der Waals surface area contributed by atoms with E-state index in [1.165, 1.54) is 10.9 Å². The molecule has 0 spiro atoms. The highest BCUT2D eigenvalue weighted by Crippen LogP contribution is 2.22. The minimum atomic E-state index is 0.0108. The topological polar surface area (TPSA) is 57.8 Å². The van der Waals surface area contributed by atoms with Gasteiger partial charge in [0, 0.05) is 35.1 Å². The van der Waals surface area contributed by atoms with Gasteiger partial charge in [-0.2, -0.15) is 0 Å². The number of nitrogens with zero attached hydrogens (tertiary/aromatic N) is 1. The molecule has 0 aliphatic heterocycles. The van der Waals surface area contributed by atoms with Gasteiger partial charge in [-0.05, 0) is 30.2 Å². The molecule has 0 radical (unpaired) electrons. The third kappa shape index (κ3) is 2.74. The molecular weight excluding hydrogens is 298 g/mol. The van der Waals surface area contributed by atoms with Crippen molar-refractivity contribution in [3.8, 4) is 0 Å². The normalized spacial score (nSPS) is 11.0. The van der Waals surface area contributed by atoms with E-state index in [0.29, 0.717) is 12.8 Å². The highest BCUT2D eigenvalue weighted by molar-refractivity contribution is 6.00. The van der Waals surface area contributed by atoms with Crippen molar-refractivity contribution in [2.75, 3.05) is 5.32 Å². The zero-order chi connectivity index (χ0) is 16.4. The molecule has 0 atom stereocenters. The number of hydrogen-bond acceptors (Lipinski definition) is 2. The molecule has 2 N–H and O–H groups in total. The number of carbonyl (C=O) groups is 1. The summed E-state index contributed by atoms with van der Waals surface area (Å²) in [7, 11) is 0. The number of benzene rings is 2. The Morgan fingerprint density at radius 1 is 1.00 bits per heavy atom.